The van der Waals surface area contributed by atoms with E-state index < -0.39 is 23.7 Å². The van der Waals surface area contributed by atoms with Gasteiger partial charge in [0.05, 0.1) is 12.4 Å². The molecule has 0 aliphatic rings. The van der Waals surface area contributed by atoms with Crippen LogP contribution < -0.4 is 10.6 Å². The zero-order valence-electron chi connectivity index (χ0n) is 13.1. The van der Waals surface area contributed by atoms with Crippen molar-refractivity contribution in [2.45, 2.75) is 0 Å². The standard InChI is InChI=1S/C14H22N4O6/c19-5-9(6-20)1-16-13(23)11-3-15-4-12(18-11)14(24)17-2-10(7-21)8-22/h3-4,9-10,19-22H,1-2,5-8H2,(H,16,23)(H,17,24). The molecule has 0 saturated carbocycles. The fraction of sp³-hybridized carbons (Fsp3) is 0.571. The number of hydrogen-bond donors (Lipinski definition) is 6. The molecule has 10 nitrogen and oxygen atoms in total. The fourth-order valence-electron chi connectivity index (χ4n) is 1.61. The predicted octanol–water partition coefficient (Wildman–Crippen LogP) is -2.86. The minimum absolute atomic E-state index is 0.0542. The summed E-state index contributed by atoms with van der Waals surface area (Å²) in [6.07, 6.45) is 2.37. The lowest BCUT2D eigenvalue weighted by molar-refractivity contribution is 0.0914. The molecule has 0 saturated heterocycles. The first kappa shape index (κ1) is 19.9. The van der Waals surface area contributed by atoms with Crippen LogP contribution in [0.3, 0.4) is 0 Å². The minimum atomic E-state index is -0.590. The molecular formula is C14H22N4O6. The van der Waals surface area contributed by atoms with Gasteiger partial charge < -0.3 is 31.1 Å². The lowest BCUT2D eigenvalue weighted by Crippen LogP contribution is -2.35. The van der Waals surface area contributed by atoms with Crippen molar-refractivity contribution in [3.8, 4) is 0 Å². The summed E-state index contributed by atoms with van der Waals surface area (Å²) in [5.41, 5.74) is -0.170. The number of nitrogens with zero attached hydrogens (tertiary/aromatic N) is 2. The van der Waals surface area contributed by atoms with Gasteiger partial charge in [-0.2, -0.15) is 0 Å². The maximum Gasteiger partial charge on any atom is 0.271 e. The third kappa shape index (κ3) is 6.16. The molecular weight excluding hydrogens is 320 g/mol. The van der Waals surface area contributed by atoms with Crippen LogP contribution in [-0.2, 0) is 0 Å². The molecule has 1 aromatic rings. The summed E-state index contributed by atoms with van der Waals surface area (Å²) >= 11 is 0. The molecule has 134 valence electrons. The number of aliphatic hydroxyl groups is 4. The summed E-state index contributed by atoms with van der Waals surface area (Å²) in [4.78, 5) is 31.6. The second-order valence-corrected chi connectivity index (χ2v) is 5.17. The molecule has 0 radical (unpaired) electrons. The lowest BCUT2D eigenvalue weighted by Gasteiger charge is -2.13. The molecule has 1 rings (SSSR count). The molecule has 1 heterocycles. The monoisotopic (exact) mass is 342 g/mol. The van der Waals surface area contributed by atoms with Gasteiger partial charge in [0, 0.05) is 51.4 Å². The average molecular weight is 342 g/mol. The topological polar surface area (TPSA) is 165 Å². The first-order chi connectivity index (χ1) is 11.5. The molecule has 0 aliphatic carbocycles. The van der Waals surface area contributed by atoms with Gasteiger partial charge in [-0.3, -0.25) is 14.6 Å². The van der Waals surface area contributed by atoms with Crippen LogP contribution >= 0.6 is 0 Å². The Hall–Kier alpha value is -2.14. The van der Waals surface area contributed by atoms with E-state index in [0.717, 1.165) is 0 Å². The number of aromatic nitrogens is 2. The SMILES string of the molecule is O=C(NCC(CO)CO)c1cncc(C(=O)NCC(CO)CO)n1. The maximum absolute atomic E-state index is 11.9. The number of aliphatic hydroxyl groups excluding tert-OH is 4. The molecule has 0 aromatic carbocycles. The predicted molar refractivity (Wildman–Crippen MR) is 82.0 cm³/mol. The smallest absolute Gasteiger partial charge is 0.271 e. The number of carbonyl (C=O) groups is 2. The first-order valence-electron chi connectivity index (χ1n) is 7.37. The van der Waals surface area contributed by atoms with Gasteiger partial charge in [0.2, 0.25) is 0 Å². The Morgan fingerprint density at radius 1 is 0.833 bits per heavy atom. The summed E-state index contributed by atoms with van der Waals surface area (Å²) in [6.45, 7) is -0.996. The van der Waals surface area contributed by atoms with Gasteiger partial charge in [0.15, 0.2) is 0 Å². The Morgan fingerprint density at radius 3 is 1.54 bits per heavy atom. The third-order valence-electron chi connectivity index (χ3n) is 3.24. The molecule has 0 spiro atoms. The van der Waals surface area contributed by atoms with Crippen molar-refractivity contribution >= 4 is 11.8 Å². The zero-order chi connectivity index (χ0) is 17.9. The Balaban J connectivity index is 2.65. The number of rotatable bonds is 10. The summed E-state index contributed by atoms with van der Waals surface area (Å²) in [5, 5.41) is 40.7. The van der Waals surface area contributed by atoms with Gasteiger partial charge in [-0.15, -0.1) is 0 Å². The Morgan fingerprint density at radius 2 is 1.21 bits per heavy atom. The molecule has 0 atom stereocenters. The van der Waals surface area contributed by atoms with Gasteiger partial charge in [-0.25, -0.2) is 4.98 Å². The highest BCUT2D eigenvalue weighted by atomic mass is 16.3. The molecule has 2 amide bonds. The van der Waals surface area contributed by atoms with E-state index in [1.807, 2.05) is 0 Å². The second kappa shape index (κ2) is 10.6. The van der Waals surface area contributed by atoms with Crippen LogP contribution in [0.4, 0.5) is 0 Å². The molecule has 0 fully saturated rings. The van der Waals surface area contributed by atoms with E-state index in [2.05, 4.69) is 20.6 Å². The first-order valence-corrected chi connectivity index (χ1v) is 7.37. The van der Waals surface area contributed by atoms with Crippen molar-refractivity contribution in [2.75, 3.05) is 39.5 Å². The average Bonchev–Trinajstić information content (AvgIpc) is 2.63. The Labute approximate surface area is 138 Å². The highest BCUT2D eigenvalue weighted by molar-refractivity contribution is 5.95. The van der Waals surface area contributed by atoms with Crippen molar-refractivity contribution in [1.29, 1.82) is 0 Å². The van der Waals surface area contributed by atoms with Gasteiger partial charge in [0.1, 0.15) is 11.4 Å². The van der Waals surface area contributed by atoms with Crippen molar-refractivity contribution in [3.05, 3.63) is 23.8 Å². The highest BCUT2D eigenvalue weighted by Gasteiger charge is 2.15. The van der Waals surface area contributed by atoms with Crippen LogP contribution in [0.2, 0.25) is 0 Å². The number of hydrogen-bond acceptors (Lipinski definition) is 8. The van der Waals surface area contributed by atoms with Crippen molar-refractivity contribution < 1.29 is 30.0 Å². The number of amides is 2. The summed E-state index contributed by atoms with van der Waals surface area (Å²) in [6, 6.07) is 0. The summed E-state index contributed by atoms with van der Waals surface area (Å²) < 4.78 is 0. The van der Waals surface area contributed by atoms with Crippen LogP contribution in [0.5, 0.6) is 0 Å². The molecule has 0 unspecified atom stereocenters. The van der Waals surface area contributed by atoms with E-state index >= 15 is 0 Å². The largest absolute Gasteiger partial charge is 0.396 e. The summed E-state index contributed by atoms with van der Waals surface area (Å²) in [5.74, 6) is -2.15. The van der Waals surface area contributed by atoms with E-state index in [1.165, 1.54) is 12.4 Å². The normalized spacial score (nSPS) is 10.9. The van der Waals surface area contributed by atoms with Crippen molar-refractivity contribution in [2.24, 2.45) is 11.8 Å². The zero-order valence-corrected chi connectivity index (χ0v) is 13.1. The van der Waals surface area contributed by atoms with Crippen molar-refractivity contribution in [1.82, 2.24) is 20.6 Å². The lowest BCUT2D eigenvalue weighted by atomic mass is 10.2. The quantitative estimate of drug-likeness (QED) is 0.264. The molecule has 6 N–H and O–H groups in total. The molecule has 24 heavy (non-hydrogen) atoms. The molecule has 0 bridgehead atoms. The van der Waals surface area contributed by atoms with E-state index in [9.17, 15) is 9.59 Å². The fourth-order valence-corrected chi connectivity index (χ4v) is 1.61. The van der Waals surface area contributed by atoms with Gasteiger partial charge in [0.25, 0.3) is 11.8 Å². The highest BCUT2D eigenvalue weighted by Crippen LogP contribution is 1.99. The van der Waals surface area contributed by atoms with E-state index in [0.29, 0.717) is 0 Å². The van der Waals surface area contributed by atoms with Gasteiger partial charge in [-0.1, -0.05) is 0 Å². The third-order valence-corrected chi connectivity index (χ3v) is 3.24. The van der Waals surface area contributed by atoms with Crippen LogP contribution in [0.15, 0.2) is 12.4 Å². The maximum atomic E-state index is 11.9. The van der Waals surface area contributed by atoms with Gasteiger partial charge >= 0.3 is 0 Å². The second-order valence-electron chi connectivity index (χ2n) is 5.17. The van der Waals surface area contributed by atoms with Gasteiger partial charge in [-0.05, 0) is 0 Å². The van der Waals surface area contributed by atoms with Crippen molar-refractivity contribution in [3.63, 3.8) is 0 Å². The van der Waals surface area contributed by atoms with Crippen LogP contribution in [0.1, 0.15) is 21.0 Å². The molecule has 10 heteroatoms. The molecule has 1 aromatic heterocycles. The van der Waals surface area contributed by atoms with Crippen LogP contribution in [-0.4, -0.2) is 81.7 Å². The Kier molecular flexibility index (Phi) is 8.79. The number of nitrogens with one attached hydrogen (secondary N) is 2. The van der Waals surface area contributed by atoms with E-state index in [-0.39, 0.29) is 50.9 Å². The minimum Gasteiger partial charge on any atom is -0.396 e. The van der Waals surface area contributed by atoms with E-state index in [1.54, 1.807) is 0 Å². The Bertz CT molecular complexity index is 491. The molecule has 0 aliphatic heterocycles. The van der Waals surface area contributed by atoms with Crippen LogP contribution in [0.25, 0.3) is 0 Å². The van der Waals surface area contributed by atoms with E-state index in [4.69, 9.17) is 20.4 Å². The van der Waals surface area contributed by atoms with Crippen LogP contribution in [0, 0.1) is 11.8 Å². The number of carbonyl (C=O) groups excluding carboxylic acids is 2. The summed E-state index contributed by atoms with van der Waals surface area (Å²) in [7, 11) is 0.